The van der Waals surface area contributed by atoms with E-state index in [1.165, 1.54) is 6.08 Å². The molecule has 2 heterocycles. The standard InChI is InChI=1S/C18H19NO5S/c20-6-7-22-17(14-5-8-25-11-14)10-19-18(21)4-2-13-1-3-15-16(9-13)24-12-23-15/h1-5,8-9,11,17,20H,6-7,10,12H2,(H,19,21)/b4-2+/t17-/m1/s1. The Bertz CT molecular complexity index is 729. The van der Waals surface area contributed by atoms with Gasteiger partial charge in [0.2, 0.25) is 12.7 Å². The third-order valence-corrected chi connectivity index (χ3v) is 4.31. The van der Waals surface area contributed by atoms with Gasteiger partial charge < -0.3 is 24.6 Å². The molecule has 1 aromatic carbocycles. The number of aliphatic hydroxyl groups excluding tert-OH is 1. The van der Waals surface area contributed by atoms with Crippen LogP contribution in [0.25, 0.3) is 6.08 Å². The number of ether oxygens (including phenoxy) is 3. The molecule has 1 aromatic heterocycles. The molecule has 0 spiro atoms. The van der Waals surface area contributed by atoms with E-state index in [9.17, 15) is 4.79 Å². The number of benzene rings is 1. The zero-order valence-corrected chi connectivity index (χ0v) is 14.3. The SMILES string of the molecule is O=C(/C=C/c1ccc2c(c1)OCO2)NC[C@@H](OCCO)c1ccsc1. The number of fused-ring (bicyclic) bond motifs is 1. The molecule has 0 saturated carbocycles. The maximum Gasteiger partial charge on any atom is 0.244 e. The number of carbonyl (C=O) groups is 1. The quantitative estimate of drug-likeness (QED) is 0.706. The van der Waals surface area contributed by atoms with Gasteiger partial charge in [0.1, 0.15) is 6.10 Å². The molecular formula is C18H19NO5S. The van der Waals surface area contributed by atoms with E-state index in [0.717, 1.165) is 11.1 Å². The van der Waals surface area contributed by atoms with Crippen LogP contribution in [0.2, 0.25) is 0 Å². The van der Waals surface area contributed by atoms with E-state index in [-0.39, 0.29) is 32.0 Å². The van der Waals surface area contributed by atoms with Gasteiger partial charge in [-0.3, -0.25) is 4.79 Å². The van der Waals surface area contributed by atoms with E-state index in [1.807, 2.05) is 35.0 Å². The Balaban J connectivity index is 1.54. The van der Waals surface area contributed by atoms with Crippen LogP contribution >= 0.6 is 11.3 Å². The van der Waals surface area contributed by atoms with Gasteiger partial charge in [0.15, 0.2) is 11.5 Å². The molecule has 2 aromatic rings. The molecule has 6 nitrogen and oxygen atoms in total. The van der Waals surface area contributed by atoms with Gasteiger partial charge in [-0.05, 0) is 46.2 Å². The Hall–Kier alpha value is -2.35. The van der Waals surface area contributed by atoms with E-state index in [1.54, 1.807) is 17.4 Å². The molecule has 0 aliphatic carbocycles. The highest BCUT2D eigenvalue weighted by atomic mass is 32.1. The van der Waals surface area contributed by atoms with Gasteiger partial charge in [-0.1, -0.05) is 6.07 Å². The highest BCUT2D eigenvalue weighted by Crippen LogP contribution is 2.32. The first-order chi connectivity index (χ1) is 12.3. The summed E-state index contributed by atoms with van der Waals surface area (Å²) in [7, 11) is 0. The molecule has 1 atom stereocenters. The molecule has 1 amide bonds. The molecule has 25 heavy (non-hydrogen) atoms. The second-order valence-corrected chi connectivity index (χ2v) is 6.11. The summed E-state index contributed by atoms with van der Waals surface area (Å²) >= 11 is 1.56. The normalized spacial score (nSPS) is 14.0. The third kappa shape index (κ3) is 4.82. The van der Waals surface area contributed by atoms with Crippen molar-refractivity contribution in [2.24, 2.45) is 0 Å². The minimum atomic E-state index is -0.277. The van der Waals surface area contributed by atoms with E-state index in [4.69, 9.17) is 19.3 Å². The van der Waals surface area contributed by atoms with Crippen molar-refractivity contribution in [3.8, 4) is 11.5 Å². The van der Waals surface area contributed by atoms with Gasteiger partial charge in [-0.2, -0.15) is 11.3 Å². The van der Waals surface area contributed by atoms with Crippen molar-refractivity contribution < 1.29 is 24.1 Å². The first kappa shape index (κ1) is 17.5. The predicted octanol–water partition coefficient (Wildman–Crippen LogP) is 2.36. The lowest BCUT2D eigenvalue weighted by Crippen LogP contribution is -2.28. The zero-order chi connectivity index (χ0) is 17.5. The van der Waals surface area contributed by atoms with Crippen molar-refractivity contribution in [1.82, 2.24) is 5.32 Å². The van der Waals surface area contributed by atoms with Crippen LogP contribution < -0.4 is 14.8 Å². The van der Waals surface area contributed by atoms with Crippen molar-refractivity contribution in [2.45, 2.75) is 6.10 Å². The van der Waals surface area contributed by atoms with Gasteiger partial charge >= 0.3 is 0 Å². The molecule has 1 aliphatic rings. The molecule has 3 rings (SSSR count). The molecule has 7 heteroatoms. The van der Waals surface area contributed by atoms with Crippen LogP contribution in [0.4, 0.5) is 0 Å². The maximum absolute atomic E-state index is 12.0. The molecule has 2 N–H and O–H groups in total. The summed E-state index contributed by atoms with van der Waals surface area (Å²) in [6.07, 6.45) is 2.90. The highest BCUT2D eigenvalue weighted by Gasteiger charge is 2.14. The van der Waals surface area contributed by atoms with E-state index in [0.29, 0.717) is 18.0 Å². The van der Waals surface area contributed by atoms with Gasteiger partial charge in [0.25, 0.3) is 0 Å². The van der Waals surface area contributed by atoms with Crippen LogP contribution in [-0.4, -0.2) is 37.6 Å². The molecular weight excluding hydrogens is 342 g/mol. The molecule has 0 radical (unpaired) electrons. The summed E-state index contributed by atoms with van der Waals surface area (Å²) in [5.41, 5.74) is 1.84. The van der Waals surface area contributed by atoms with Crippen molar-refractivity contribution in [3.63, 3.8) is 0 Å². The molecule has 0 bridgehead atoms. The minimum absolute atomic E-state index is 0.0569. The first-order valence-electron chi connectivity index (χ1n) is 7.86. The van der Waals surface area contributed by atoms with Crippen LogP contribution in [0.1, 0.15) is 17.2 Å². The molecule has 0 unspecified atom stereocenters. The first-order valence-corrected chi connectivity index (χ1v) is 8.80. The fraction of sp³-hybridized carbons (Fsp3) is 0.278. The summed E-state index contributed by atoms with van der Waals surface area (Å²) in [6, 6.07) is 7.44. The number of hydrogen-bond acceptors (Lipinski definition) is 6. The van der Waals surface area contributed by atoms with E-state index < -0.39 is 0 Å². The van der Waals surface area contributed by atoms with Gasteiger partial charge in [-0.25, -0.2) is 0 Å². The van der Waals surface area contributed by atoms with Crippen molar-refractivity contribution >= 4 is 23.3 Å². The summed E-state index contributed by atoms with van der Waals surface area (Å²) in [5, 5.41) is 15.7. The maximum atomic E-state index is 12.0. The average molecular weight is 361 g/mol. The molecule has 1 aliphatic heterocycles. The number of rotatable bonds is 8. The molecule has 0 fully saturated rings. The summed E-state index contributed by atoms with van der Waals surface area (Å²) in [4.78, 5) is 12.0. The highest BCUT2D eigenvalue weighted by molar-refractivity contribution is 7.07. The van der Waals surface area contributed by atoms with Gasteiger partial charge in [0, 0.05) is 12.6 Å². The Morgan fingerprint density at radius 3 is 3.04 bits per heavy atom. The monoisotopic (exact) mass is 361 g/mol. The Morgan fingerprint density at radius 1 is 1.36 bits per heavy atom. The number of amides is 1. The second-order valence-electron chi connectivity index (χ2n) is 5.33. The van der Waals surface area contributed by atoms with Crippen molar-refractivity contribution in [1.29, 1.82) is 0 Å². The van der Waals surface area contributed by atoms with Gasteiger partial charge in [-0.15, -0.1) is 0 Å². The Morgan fingerprint density at radius 2 is 2.24 bits per heavy atom. The van der Waals surface area contributed by atoms with Crippen LogP contribution in [-0.2, 0) is 9.53 Å². The lowest BCUT2D eigenvalue weighted by atomic mass is 10.2. The molecule has 0 saturated heterocycles. The smallest absolute Gasteiger partial charge is 0.244 e. The van der Waals surface area contributed by atoms with Gasteiger partial charge in [0.05, 0.1) is 13.2 Å². The van der Waals surface area contributed by atoms with Crippen LogP contribution in [0.3, 0.4) is 0 Å². The topological polar surface area (TPSA) is 77.0 Å². The summed E-state index contributed by atoms with van der Waals surface area (Å²) in [6.45, 7) is 0.726. The predicted molar refractivity (Wildman–Crippen MR) is 94.7 cm³/mol. The van der Waals surface area contributed by atoms with E-state index in [2.05, 4.69) is 5.32 Å². The Labute approximate surface area is 149 Å². The number of thiophene rings is 1. The number of carbonyl (C=O) groups excluding carboxylic acids is 1. The fourth-order valence-corrected chi connectivity index (χ4v) is 3.07. The summed E-state index contributed by atoms with van der Waals surface area (Å²) in [5.74, 6) is 1.17. The average Bonchev–Trinajstić information content (AvgIpc) is 3.31. The van der Waals surface area contributed by atoms with Crippen molar-refractivity contribution in [3.05, 3.63) is 52.2 Å². The van der Waals surface area contributed by atoms with E-state index >= 15 is 0 Å². The fourth-order valence-electron chi connectivity index (χ4n) is 2.37. The second kappa shape index (κ2) is 8.66. The third-order valence-electron chi connectivity index (χ3n) is 3.61. The zero-order valence-electron chi connectivity index (χ0n) is 13.5. The number of hydrogen-bond donors (Lipinski definition) is 2. The van der Waals surface area contributed by atoms with Crippen LogP contribution in [0.15, 0.2) is 41.1 Å². The minimum Gasteiger partial charge on any atom is -0.454 e. The molecule has 132 valence electrons. The number of nitrogens with one attached hydrogen (secondary N) is 1. The van der Waals surface area contributed by atoms with Crippen LogP contribution in [0, 0.1) is 0 Å². The lowest BCUT2D eigenvalue weighted by molar-refractivity contribution is -0.117. The largest absolute Gasteiger partial charge is 0.454 e. The summed E-state index contributed by atoms with van der Waals surface area (Å²) < 4.78 is 16.2. The van der Waals surface area contributed by atoms with Crippen molar-refractivity contribution in [2.75, 3.05) is 26.6 Å². The Kier molecular flexibility index (Phi) is 6.05. The number of aliphatic hydroxyl groups is 1. The van der Waals surface area contributed by atoms with Crippen LogP contribution in [0.5, 0.6) is 11.5 Å². The lowest BCUT2D eigenvalue weighted by Gasteiger charge is -2.16.